The third-order valence-corrected chi connectivity index (χ3v) is 9.63. The maximum atomic E-state index is 14.6. The summed E-state index contributed by atoms with van der Waals surface area (Å²) in [5.41, 5.74) is 1.71. The normalized spacial score (nSPS) is 11.7. The molecular formula is C36H40ClN3O6S. The molecule has 1 unspecified atom stereocenters. The number of methoxy groups -OCH3 is 2. The molecule has 4 aromatic rings. The lowest BCUT2D eigenvalue weighted by molar-refractivity contribution is -0.140. The average Bonchev–Trinajstić information content (AvgIpc) is 3.09. The molecule has 0 spiro atoms. The van der Waals surface area contributed by atoms with Crippen LogP contribution < -0.4 is 19.1 Å². The summed E-state index contributed by atoms with van der Waals surface area (Å²) in [6.07, 6.45) is 1.87. The van der Waals surface area contributed by atoms with Crippen LogP contribution in [0.4, 0.5) is 5.69 Å². The van der Waals surface area contributed by atoms with Gasteiger partial charge in [-0.25, -0.2) is 8.42 Å². The molecule has 0 aromatic heterocycles. The highest BCUT2D eigenvalue weighted by molar-refractivity contribution is 7.92. The zero-order chi connectivity index (χ0) is 33.8. The van der Waals surface area contributed by atoms with Crippen LogP contribution in [0.1, 0.15) is 30.9 Å². The molecule has 9 nitrogen and oxygen atoms in total. The lowest BCUT2D eigenvalue weighted by Crippen LogP contribution is -2.53. The number of hydrogen-bond acceptors (Lipinski definition) is 6. The van der Waals surface area contributed by atoms with E-state index in [0.717, 1.165) is 22.7 Å². The van der Waals surface area contributed by atoms with Crippen molar-refractivity contribution in [1.29, 1.82) is 0 Å². The Labute approximate surface area is 282 Å². The van der Waals surface area contributed by atoms with E-state index in [-0.39, 0.29) is 35.2 Å². The van der Waals surface area contributed by atoms with Crippen LogP contribution in [0.2, 0.25) is 5.02 Å². The van der Waals surface area contributed by atoms with Gasteiger partial charge in [0.2, 0.25) is 11.8 Å². The number of unbranched alkanes of at least 4 members (excludes halogenated alkanes) is 1. The van der Waals surface area contributed by atoms with Gasteiger partial charge in [0, 0.05) is 24.5 Å². The number of carbonyl (C=O) groups excluding carboxylic acids is 2. The van der Waals surface area contributed by atoms with Gasteiger partial charge in [0.25, 0.3) is 10.0 Å². The van der Waals surface area contributed by atoms with Gasteiger partial charge in [-0.3, -0.25) is 13.9 Å². The molecule has 47 heavy (non-hydrogen) atoms. The minimum absolute atomic E-state index is 0.0143. The molecule has 4 rings (SSSR count). The van der Waals surface area contributed by atoms with Gasteiger partial charge in [-0.05, 0) is 66.1 Å². The number of carbonyl (C=O) groups is 2. The summed E-state index contributed by atoms with van der Waals surface area (Å²) in [5, 5.41) is 3.46. The first-order valence-electron chi connectivity index (χ1n) is 15.3. The van der Waals surface area contributed by atoms with Crippen molar-refractivity contribution in [2.24, 2.45) is 0 Å². The Morgan fingerprint density at radius 2 is 1.53 bits per heavy atom. The van der Waals surface area contributed by atoms with E-state index >= 15 is 0 Å². The Balaban J connectivity index is 1.82. The van der Waals surface area contributed by atoms with Crippen LogP contribution in [0.15, 0.2) is 108 Å². The third kappa shape index (κ3) is 9.27. The van der Waals surface area contributed by atoms with Crippen molar-refractivity contribution in [2.45, 2.75) is 43.7 Å². The quantitative estimate of drug-likeness (QED) is 0.144. The molecule has 2 amide bonds. The van der Waals surface area contributed by atoms with Gasteiger partial charge >= 0.3 is 0 Å². The summed E-state index contributed by atoms with van der Waals surface area (Å²) in [4.78, 5) is 29.9. The predicted molar refractivity (Wildman–Crippen MR) is 184 cm³/mol. The molecule has 0 radical (unpaired) electrons. The van der Waals surface area contributed by atoms with Gasteiger partial charge in [0.15, 0.2) is 0 Å². The minimum atomic E-state index is -4.31. The Morgan fingerprint density at radius 1 is 0.851 bits per heavy atom. The molecule has 4 aromatic carbocycles. The van der Waals surface area contributed by atoms with Gasteiger partial charge in [-0.2, -0.15) is 0 Å². The number of benzene rings is 4. The van der Waals surface area contributed by atoms with E-state index in [4.69, 9.17) is 21.1 Å². The van der Waals surface area contributed by atoms with Crippen LogP contribution in [0.3, 0.4) is 0 Å². The molecule has 0 aliphatic rings. The van der Waals surface area contributed by atoms with Gasteiger partial charge in [-0.1, -0.05) is 79.5 Å². The lowest BCUT2D eigenvalue weighted by atomic mass is 10.0. The monoisotopic (exact) mass is 677 g/mol. The number of sulfonamides is 1. The van der Waals surface area contributed by atoms with Crippen molar-refractivity contribution in [2.75, 3.05) is 31.6 Å². The summed E-state index contributed by atoms with van der Waals surface area (Å²) in [6, 6.07) is 28.0. The molecule has 1 atom stereocenters. The largest absolute Gasteiger partial charge is 0.497 e. The number of ether oxygens (including phenoxy) is 2. The molecule has 0 saturated carbocycles. The third-order valence-electron chi connectivity index (χ3n) is 7.62. The highest BCUT2D eigenvalue weighted by atomic mass is 35.5. The summed E-state index contributed by atoms with van der Waals surface area (Å²) in [7, 11) is -1.39. The molecule has 0 fully saturated rings. The van der Waals surface area contributed by atoms with Crippen LogP contribution in [0, 0.1) is 0 Å². The number of para-hydroxylation sites is 2. The Morgan fingerprint density at radius 3 is 2.19 bits per heavy atom. The van der Waals surface area contributed by atoms with Gasteiger partial charge in [0.1, 0.15) is 24.1 Å². The second kappa shape index (κ2) is 16.9. The molecule has 0 aliphatic heterocycles. The summed E-state index contributed by atoms with van der Waals surface area (Å²) in [5.74, 6) is -0.176. The second-order valence-corrected chi connectivity index (χ2v) is 13.2. The van der Waals surface area contributed by atoms with Crippen molar-refractivity contribution in [3.05, 3.63) is 119 Å². The van der Waals surface area contributed by atoms with E-state index in [0.29, 0.717) is 22.9 Å². The Hall–Kier alpha value is -4.54. The van der Waals surface area contributed by atoms with Crippen LogP contribution in [0.25, 0.3) is 0 Å². The number of rotatable bonds is 16. The number of halogens is 1. The van der Waals surface area contributed by atoms with E-state index in [1.54, 1.807) is 42.5 Å². The van der Waals surface area contributed by atoms with E-state index in [9.17, 15) is 18.0 Å². The maximum Gasteiger partial charge on any atom is 0.264 e. The SMILES string of the molecule is CCCCNC(=O)C(Cc1ccccc1)N(Cc1cccc(Cl)c1)C(=O)CN(c1ccccc1OC)S(=O)(=O)c1ccc(OC)cc1. The van der Waals surface area contributed by atoms with Crippen LogP contribution in [-0.2, 0) is 32.6 Å². The zero-order valence-electron chi connectivity index (χ0n) is 26.8. The maximum absolute atomic E-state index is 14.6. The summed E-state index contributed by atoms with van der Waals surface area (Å²) >= 11 is 6.32. The average molecular weight is 678 g/mol. The smallest absolute Gasteiger partial charge is 0.264 e. The van der Waals surface area contributed by atoms with Gasteiger partial charge < -0.3 is 19.7 Å². The van der Waals surface area contributed by atoms with E-state index in [2.05, 4.69) is 5.32 Å². The Kier molecular flexibility index (Phi) is 12.7. The number of nitrogens with zero attached hydrogens (tertiary/aromatic N) is 2. The fourth-order valence-electron chi connectivity index (χ4n) is 5.12. The molecule has 0 aliphatic carbocycles. The number of hydrogen-bond donors (Lipinski definition) is 1. The molecule has 248 valence electrons. The number of anilines is 1. The fourth-order valence-corrected chi connectivity index (χ4v) is 6.75. The zero-order valence-corrected chi connectivity index (χ0v) is 28.3. The number of nitrogens with one attached hydrogen (secondary N) is 1. The van der Waals surface area contributed by atoms with Crippen molar-refractivity contribution in [1.82, 2.24) is 10.2 Å². The Bertz CT molecular complexity index is 1740. The highest BCUT2D eigenvalue weighted by Crippen LogP contribution is 2.33. The second-order valence-electron chi connectivity index (χ2n) is 10.9. The molecule has 0 bridgehead atoms. The van der Waals surface area contributed by atoms with Gasteiger partial charge in [-0.15, -0.1) is 0 Å². The van der Waals surface area contributed by atoms with Crippen molar-refractivity contribution in [3.8, 4) is 11.5 Å². The molecule has 0 saturated heterocycles. The predicted octanol–water partition coefficient (Wildman–Crippen LogP) is 6.11. The minimum Gasteiger partial charge on any atom is -0.497 e. The van der Waals surface area contributed by atoms with Crippen molar-refractivity contribution < 1.29 is 27.5 Å². The van der Waals surface area contributed by atoms with Crippen molar-refractivity contribution in [3.63, 3.8) is 0 Å². The number of amides is 2. The first kappa shape index (κ1) is 35.3. The van der Waals surface area contributed by atoms with Crippen LogP contribution >= 0.6 is 11.6 Å². The first-order valence-corrected chi connectivity index (χ1v) is 17.1. The summed E-state index contributed by atoms with van der Waals surface area (Å²) < 4.78 is 40.4. The van der Waals surface area contributed by atoms with E-state index < -0.39 is 28.5 Å². The topological polar surface area (TPSA) is 105 Å². The van der Waals surface area contributed by atoms with Crippen molar-refractivity contribution >= 4 is 39.1 Å². The van der Waals surface area contributed by atoms with Gasteiger partial charge in [0.05, 0.1) is 24.8 Å². The van der Waals surface area contributed by atoms with Crippen LogP contribution in [0.5, 0.6) is 11.5 Å². The molecule has 0 heterocycles. The molecular weight excluding hydrogens is 638 g/mol. The molecule has 1 N–H and O–H groups in total. The van der Waals surface area contributed by atoms with E-state index in [1.807, 2.05) is 43.3 Å². The molecule has 11 heteroatoms. The standard InChI is InChI=1S/C36H40ClN3O6S/c1-4-5-22-38-36(42)33(24-27-12-7-6-8-13-27)39(25-28-14-11-15-29(37)23-28)35(41)26-40(32-16-9-10-17-34(32)46-3)47(43,44)31-20-18-30(45-2)19-21-31/h6-21,23,33H,4-5,22,24-26H2,1-3H3,(H,38,42). The fraction of sp³-hybridized carbons (Fsp3) is 0.278. The highest BCUT2D eigenvalue weighted by Gasteiger charge is 2.35. The first-order chi connectivity index (χ1) is 22.7. The van der Waals surface area contributed by atoms with Crippen LogP contribution in [-0.4, -0.2) is 58.5 Å². The van der Waals surface area contributed by atoms with E-state index in [1.165, 1.54) is 43.4 Å². The summed E-state index contributed by atoms with van der Waals surface area (Å²) in [6.45, 7) is 1.88. The lowest BCUT2D eigenvalue weighted by Gasteiger charge is -2.34.